The minimum absolute atomic E-state index is 0. The zero-order valence-corrected chi connectivity index (χ0v) is 15.3. The Morgan fingerprint density at radius 3 is 2.19 bits per heavy atom. The molecule has 1 aliphatic rings. The van der Waals surface area contributed by atoms with Crippen molar-refractivity contribution in [1.29, 1.82) is 0 Å². The van der Waals surface area contributed by atoms with Crippen LogP contribution >= 0.6 is 12.4 Å². The predicted octanol–water partition coefficient (Wildman–Crippen LogP) is 3.67. The van der Waals surface area contributed by atoms with E-state index in [4.69, 9.17) is 5.73 Å². The maximum atomic E-state index is 12.6. The van der Waals surface area contributed by atoms with E-state index < -0.39 is 0 Å². The maximum absolute atomic E-state index is 12.6. The summed E-state index contributed by atoms with van der Waals surface area (Å²) < 4.78 is 0. The molecule has 6 heteroatoms. The van der Waals surface area contributed by atoms with Gasteiger partial charge in [0, 0.05) is 11.5 Å². The minimum Gasteiger partial charge on any atom is -0.330 e. The van der Waals surface area contributed by atoms with Crippen LogP contribution in [0.1, 0.15) is 29.6 Å². The fourth-order valence-electron chi connectivity index (χ4n) is 3.37. The second kappa shape index (κ2) is 9.36. The lowest BCUT2D eigenvalue weighted by atomic mass is 9.95. The number of amides is 2. The number of para-hydroxylation sites is 2. The highest BCUT2D eigenvalue weighted by atomic mass is 35.5. The molecule has 0 aliphatic heterocycles. The van der Waals surface area contributed by atoms with Gasteiger partial charge in [0.2, 0.25) is 5.91 Å². The second-order valence-electron chi connectivity index (χ2n) is 6.39. The molecule has 0 spiro atoms. The maximum Gasteiger partial charge on any atom is 0.255 e. The Morgan fingerprint density at radius 2 is 1.54 bits per heavy atom. The number of carbonyl (C=O) groups excluding carboxylic acids is 2. The molecule has 26 heavy (non-hydrogen) atoms. The molecule has 1 aliphatic carbocycles. The average molecular weight is 374 g/mol. The molecule has 0 saturated heterocycles. The number of benzene rings is 2. The van der Waals surface area contributed by atoms with Gasteiger partial charge in [-0.3, -0.25) is 9.59 Å². The molecule has 4 N–H and O–H groups in total. The largest absolute Gasteiger partial charge is 0.330 e. The first-order valence-corrected chi connectivity index (χ1v) is 8.65. The highest BCUT2D eigenvalue weighted by molar-refractivity contribution is 6.07. The summed E-state index contributed by atoms with van der Waals surface area (Å²) in [5.41, 5.74) is 7.55. The number of hydrogen-bond donors (Lipinski definition) is 3. The zero-order valence-electron chi connectivity index (χ0n) is 14.5. The molecule has 0 unspecified atom stereocenters. The normalized spacial score (nSPS) is 18.7. The van der Waals surface area contributed by atoms with E-state index in [0.29, 0.717) is 23.5 Å². The van der Waals surface area contributed by atoms with Gasteiger partial charge in [-0.15, -0.1) is 12.4 Å². The van der Waals surface area contributed by atoms with E-state index in [1.807, 2.05) is 30.3 Å². The van der Waals surface area contributed by atoms with E-state index in [0.717, 1.165) is 19.3 Å². The van der Waals surface area contributed by atoms with E-state index in [2.05, 4.69) is 10.6 Å². The number of nitrogens with one attached hydrogen (secondary N) is 2. The number of rotatable bonds is 5. The molecule has 0 heterocycles. The van der Waals surface area contributed by atoms with Crippen molar-refractivity contribution in [2.75, 3.05) is 17.2 Å². The van der Waals surface area contributed by atoms with Crippen molar-refractivity contribution >= 4 is 35.6 Å². The fourth-order valence-corrected chi connectivity index (χ4v) is 3.37. The van der Waals surface area contributed by atoms with Gasteiger partial charge in [-0.2, -0.15) is 0 Å². The third-order valence-electron chi connectivity index (χ3n) is 4.77. The lowest BCUT2D eigenvalue weighted by Gasteiger charge is -2.19. The summed E-state index contributed by atoms with van der Waals surface area (Å²) in [6.07, 6.45) is 2.90. The molecule has 0 radical (unpaired) electrons. The van der Waals surface area contributed by atoms with E-state index in [1.54, 1.807) is 24.3 Å². The molecule has 138 valence electrons. The third-order valence-corrected chi connectivity index (χ3v) is 4.77. The van der Waals surface area contributed by atoms with Gasteiger partial charge in [0.15, 0.2) is 0 Å². The van der Waals surface area contributed by atoms with Crippen LogP contribution in [0.5, 0.6) is 0 Å². The van der Waals surface area contributed by atoms with Gasteiger partial charge in [0.05, 0.1) is 11.4 Å². The number of anilines is 2. The Bertz CT molecular complexity index is 752. The van der Waals surface area contributed by atoms with Crippen molar-refractivity contribution in [3.8, 4) is 0 Å². The Hall–Kier alpha value is -2.37. The van der Waals surface area contributed by atoms with Crippen LogP contribution in [0.2, 0.25) is 0 Å². The minimum atomic E-state index is -0.206. The Labute approximate surface area is 159 Å². The SMILES string of the molecule is Cl.NC[C@H]1CCC[C@H]1C(=O)Nc1ccccc1NC(=O)c1ccccc1. The smallest absolute Gasteiger partial charge is 0.255 e. The third kappa shape index (κ3) is 4.62. The summed E-state index contributed by atoms with van der Waals surface area (Å²) in [4.78, 5) is 25.0. The Morgan fingerprint density at radius 1 is 0.923 bits per heavy atom. The van der Waals surface area contributed by atoms with Crippen LogP contribution in [0.25, 0.3) is 0 Å². The van der Waals surface area contributed by atoms with Crippen molar-refractivity contribution in [3.63, 3.8) is 0 Å². The van der Waals surface area contributed by atoms with Crippen molar-refractivity contribution in [3.05, 3.63) is 60.2 Å². The van der Waals surface area contributed by atoms with Crippen LogP contribution in [-0.4, -0.2) is 18.4 Å². The van der Waals surface area contributed by atoms with Crippen LogP contribution in [0.4, 0.5) is 11.4 Å². The molecule has 2 aromatic rings. The molecule has 1 fully saturated rings. The fraction of sp³-hybridized carbons (Fsp3) is 0.300. The lowest BCUT2D eigenvalue weighted by Crippen LogP contribution is -2.30. The topological polar surface area (TPSA) is 84.2 Å². The molecule has 0 aromatic heterocycles. The average Bonchev–Trinajstić information content (AvgIpc) is 3.13. The number of halogens is 1. The van der Waals surface area contributed by atoms with E-state index in [1.165, 1.54) is 0 Å². The molecule has 0 bridgehead atoms. The highest BCUT2D eigenvalue weighted by Crippen LogP contribution is 2.32. The summed E-state index contributed by atoms with van der Waals surface area (Å²) in [5, 5.41) is 5.83. The van der Waals surface area contributed by atoms with Crippen LogP contribution in [0.3, 0.4) is 0 Å². The van der Waals surface area contributed by atoms with Crippen molar-refractivity contribution < 1.29 is 9.59 Å². The first-order valence-electron chi connectivity index (χ1n) is 8.65. The standard InChI is InChI=1S/C20H23N3O2.ClH/c21-13-15-9-6-10-16(15)20(25)23-18-12-5-4-11-17(18)22-19(24)14-7-2-1-3-8-14;/h1-5,7-8,11-12,15-16H,6,9-10,13,21H2,(H,22,24)(H,23,25);1H/t15-,16-;/m1./s1. The monoisotopic (exact) mass is 373 g/mol. The van der Waals surface area contributed by atoms with Gasteiger partial charge in [-0.1, -0.05) is 36.8 Å². The lowest BCUT2D eigenvalue weighted by molar-refractivity contribution is -0.120. The van der Waals surface area contributed by atoms with Crippen LogP contribution in [0, 0.1) is 11.8 Å². The number of carbonyl (C=O) groups is 2. The van der Waals surface area contributed by atoms with Gasteiger partial charge in [0.1, 0.15) is 0 Å². The highest BCUT2D eigenvalue weighted by Gasteiger charge is 2.32. The molecule has 1 saturated carbocycles. The molecular weight excluding hydrogens is 350 g/mol. The predicted molar refractivity (Wildman–Crippen MR) is 107 cm³/mol. The van der Waals surface area contributed by atoms with E-state index >= 15 is 0 Å². The second-order valence-corrected chi connectivity index (χ2v) is 6.39. The molecule has 2 aromatic carbocycles. The Kier molecular flexibility index (Phi) is 7.18. The van der Waals surface area contributed by atoms with Crippen molar-refractivity contribution in [2.45, 2.75) is 19.3 Å². The quantitative estimate of drug-likeness (QED) is 0.747. The van der Waals surface area contributed by atoms with Gasteiger partial charge in [-0.25, -0.2) is 0 Å². The van der Waals surface area contributed by atoms with Gasteiger partial charge < -0.3 is 16.4 Å². The zero-order chi connectivity index (χ0) is 17.6. The van der Waals surface area contributed by atoms with Crippen LogP contribution in [-0.2, 0) is 4.79 Å². The van der Waals surface area contributed by atoms with Gasteiger partial charge >= 0.3 is 0 Å². The van der Waals surface area contributed by atoms with Crippen LogP contribution in [0.15, 0.2) is 54.6 Å². The molecule has 2 amide bonds. The van der Waals surface area contributed by atoms with Crippen molar-refractivity contribution in [2.24, 2.45) is 17.6 Å². The molecule has 2 atom stereocenters. The van der Waals surface area contributed by atoms with Gasteiger partial charge in [0.25, 0.3) is 5.91 Å². The van der Waals surface area contributed by atoms with Crippen molar-refractivity contribution in [1.82, 2.24) is 0 Å². The van der Waals surface area contributed by atoms with Gasteiger partial charge in [-0.05, 0) is 49.6 Å². The first kappa shape index (κ1) is 19.9. The molecule has 5 nitrogen and oxygen atoms in total. The Balaban J connectivity index is 0.00000243. The number of hydrogen-bond acceptors (Lipinski definition) is 3. The first-order chi connectivity index (χ1) is 12.2. The molecule has 3 rings (SSSR count). The number of nitrogens with two attached hydrogens (primary N) is 1. The summed E-state index contributed by atoms with van der Waals surface area (Å²) in [6, 6.07) is 16.2. The summed E-state index contributed by atoms with van der Waals surface area (Å²) in [7, 11) is 0. The summed E-state index contributed by atoms with van der Waals surface area (Å²) in [6.45, 7) is 0.532. The van der Waals surface area contributed by atoms with E-state index in [9.17, 15) is 9.59 Å². The summed E-state index contributed by atoms with van der Waals surface area (Å²) in [5.74, 6) is -0.0358. The summed E-state index contributed by atoms with van der Waals surface area (Å²) >= 11 is 0. The van der Waals surface area contributed by atoms with Crippen LogP contribution < -0.4 is 16.4 Å². The molecular formula is C20H24ClN3O2. The van der Waals surface area contributed by atoms with E-state index in [-0.39, 0.29) is 36.1 Å².